The van der Waals surface area contributed by atoms with Gasteiger partial charge in [-0.15, -0.1) is 0 Å². The van der Waals surface area contributed by atoms with Gasteiger partial charge in [-0.1, -0.05) is 12.1 Å². The molecule has 0 unspecified atom stereocenters. The van der Waals surface area contributed by atoms with E-state index in [0.717, 1.165) is 36.4 Å². The molecule has 0 aromatic heterocycles. The molecule has 0 radical (unpaired) electrons. The Hall–Kier alpha value is -7.00. The minimum Gasteiger partial charge on any atom is -0.508 e. The fourth-order valence-electron chi connectivity index (χ4n) is 3.25. The summed E-state index contributed by atoms with van der Waals surface area (Å²) in [4.78, 5) is 67.1. The molecule has 0 atom stereocenters. The summed E-state index contributed by atoms with van der Waals surface area (Å²) in [7, 11) is 0. The number of aromatic hydroxyl groups is 1. The molecule has 44 heavy (non-hydrogen) atoms. The Morgan fingerprint density at radius 2 is 1.07 bits per heavy atom. The molecule has 0 aliphatic rings. The molecule has 0 aliphatic carbocycles. The van der Waals surface area contributed by atoms with Crippen LogP contribution in [0.1, 0.15) is 53.4 Å². The van der Waals surface area contributed by atoms with E-state index in [1.54, 1.807) is 12.1 Å². The first-order valence-corrected chi connectivity index (χ1v) is 11.9. The maximum absolute atomic E-state index is 12.2. The third-order valence-corrected chi connectivity index (χ3v) is 5.20. The summed E-state index contributed by atoms with van der Waals surface area (Å²) in [6.45, 7) is 0. The van der Waals surface area contributed by atoms with Gasteiger partial charge in [0.1, 0.15) is 23.8 Å². The van der Waals surface area contributed by atoms with Crippen LogP contribution >= 0.6 is 0 Å². The number of rotatable bonds is 9. The number of amides is 2. The van der Waals surface area contributed by atoms with Gasteiger partial charge in [-0.3, -0.25) is 9.59 Å². The number of nitrogens with one attached hydrogen (secondary N) is 2. The highest BCUT2D eigenvalue weighted by Crippen LogP contribution is 2.18. The van der Waals surface area contributed by atoms with Gasteiger partial charge in [0.15, 0.2) is 0 Å². The van der Waals surface area contributed by atoms with E-state index >= 15 is 0 Å². The van der Waals surface area contributed by atoms with Crippen LogP contribution < -0.4 is 10.6 Å². The van der Waals surface area contributed by atoms with Crippen LogP contribution in [0.3, 0.4) is 0 Å². The van der Waals surface area contributed by atoms with Gasteiger partial charge in [0.05, 0.1) is 28.3 Å². The lowest BCUT2D eigenvalue weighted by atomic mass is 10.1. The van der Waals surface area contributed by atoms with Crippen LogP contribution in [-0.2, 0) is 9.59 Å². The normalized spacial score (nSPS) is 10.1. The van der Waals surface area contributed by atoms with Crippen LogP contribution in [-0.4, -0.2) is 61.2 Å². The lowest BCUT2D eigenvalue weighted by molar-refractivity contribution is -0.115. The van der Waals surface area contributed by atoms with E-state index in [0.29, 0.717) is 5.56 Å². The Morgan fingerprint density at radius 3 is 1.43 bits per heavy atom. The minimum atomic E-state index is -1.36. The smallest absolute Gasteiger partial charge is 0.335 e. The van der Waals surface area contributed by atoms with Crippen LogP contribution in [0.25, 0.3) is 6.08 Å². The zero-order valence-corrected chi connectivity index (χ0v) is 22.1. The molecule has 2 amide bonds. The number of nitrogens with zero attached hydrogens (tertiary/aromatic N) is 2. The number of nitriles is 2. The molecule has 3 rings (SSSR count). The zero-order valence-electron chi connectivity index (χ0n) is 22.1. The molecule has 3 aromatic carbocycles. The Labute approximate surface area is 247 Å². The maximum atomic E-state index is 12.2. The average molecular weight is 600 g/mol. The Morgan fingerprint density at radius 1 is 0.659 bits per heavy atom. The van der Waals surface area contributed by atoms with Gasteiger partial charge in [-0.05, 0) is 60.2 Å². The number of carbonyl (C=O) groups excluding carboxylic acids is 2. The van der Waals surface area contributed by atoms with E-state index in [9.17, 15) is 33.9 Å². The van der Waals surface area contributed by atoms with Crippen molar-refractivity contribution < 1.29 is 54.3 Å². The molecule has 0 saturated heterocycles. The number of hydrogen-bond donors (Lipinski definition) is 7. The highest BCUT2D eigenvalue weighted by Gasteiger charge is 2.15. The number of phenols is 1. The molecule has 15 nitrogen and oxygen atoms in total. The fraction of sp³-hybridized carbons (Fsp3) is 0.0345. The van der Waals surface area contributed by atoms with Gasteiger partial charge in [-0.25, -0.2) is 19.2 Å². The molecule has 0 spiro atoms. The van der Waals surface area contributed by atoms with Crippen molar-refractivity contribution in [3.05, 3.63) is 94.1 Å². The van der Waals surface area contributed by atoms with Crippen LogP contribution in [0.2, 0.25) is 0 Å². The molecule has 0 heterocycles. The predicted molar refractivity (Wildman–Crippen MR) is 150 cm³/mol. The number of phenolic OH excluding ortho intramolecular Hbond substituents is 1. The van der Waals surface area contributed by atoms with Gasteiger partial charge in [0, 0.05) is 11.4 Å². The van der Waals surface area contributed by atoms with E-state index in [1.807, 2.05) is 0 Å². The van der Waals surface area contributed by atoms with Crippen molar-refractivity contribution in [2.45, 2.75) is 6.42 Å². The standard InChI is InChI=1S/C18H12N2O6.C11H8N2O5/c19-9-13(5-10-1-3-15(21)4-2-10)16(22)20-14-7-11(17(23)24)6-12(8-14)18(25)26;12-2-1-9(14)13-8-4-6(10(15)16)3-7(5-8)11(17)18/h1-8,21H,(H,20,22)(H,23,24)(H,25,26);3-5H,1H2,(H,13,14)(H,15,16)(H,17,18)/b13-5+;. The number of benzene rings is 3. The second kappa shape index (κ2) is 15.1. The maximum Gasteiger partial charge on any atom is 0.335 e. The van der Waals surface area contributed by atoms with Crippen molar-refractivity contribution in [2.24, 2.45) is 0 Å². The van der Waals surface area contributed by atoms with E-state index in [-0.39, 0.29) is 45.0 Å². The number of carbonyl (C=O) groups is 6. The summed E-state index contributed by atoms with van der Waals surface area (Å²) in [6.07, 6.45) is 0.869. The van der Waals surface area contributed by atoms with E-state index in [2.05, 4.69) is 10.6 Å². The monoisotopic (exact) mass is 600 g/mol. The van der Waals surface area contributed by atoms with E-state index < -0.39 is 42.1 Å². The predicted octanol–water partition coefficient (Wildman–Crippen LogP) is 3.27. The number of carboxylic acids is 4. The SMILES string of the molecule is N#C/C(=C\c1ccc(O)cc1)C(=O)Nc1cc(C(=O)O)cc(C(=O)O)c1.N#CCC(=O)Nc1cc(C(=O)O)cc(C(=O)O)c1. The third-order valence-electron chi connectivity index (χ3n) is 5.20. The number of anilines is 2. The van der Waals surface area contributed by atoms with Gasteiger partial charge < -0.3 is 36.2 Å². The van der Waals surface area contributed by atoms with Crippen molar-refractivity contribution in [3.8, 4) is 17.9 Å². The van der Waals surface area contributed by atoms with Crippen molar-refractivity contribution in [3.63, 3.8) is 0 Å². The summed E-state index contributed by atoms with van der Waals surface area (Å²) in [5.41, 5.74) is -1.01. The van der Waals surface area contributed by atoms with Crippen molar-refractivity contribution >= 4 is 53.1 Å². The Kier molecular flexibility index (Phi) is 11.4. The van der Waals surface area contributed by atoms with Gasteiger partial charge >= 0.3 is 23.9 Å². The van der Waals surface area contributed by atoms with Crippen molar-refractivity contribution in [1.29, 1.82) is 10.5 Å². The van der Waals surface area contributed by atoms with Gasteiger partial charge in [-0.2, -0.15) is 10.5 Å². The summed E-state index contributed by atoms with van der Waals surface area (Å²) < 4.78 is 0. The van der Waals surface area contributed by atoms with E-state index in [1.165, 1.54) is 30.3 Å². The highest BCUT2D eigenvalue weighted by molar-refractivity contribution is 6.10. The van der Waals surface area contributed by atoms with E-state index in [4.69, 9.17) is 30.9 Å². The fourth-order valence-corrected chi connectivity index (χ4v) is 3.25. The number of aromatic carboxylic acids is 4. The number of hydrogen-bond acceptors (Lipinski definition) is 9. The van der Waals surface area contributed by atoms with Gasteiger partial charge in [0.25, 0.3) is 5.91 Å². The summed E-state index contributed by atoms with van der Waals surface area (Å²) >= 11 is 0. The number of carboxylic acid groups (broad SMARTS) is 4. The second-order valence-electron chi connectivity index (χ2n) is 8.42. The van der Waals surface area contributed by atoms with Crippen molar-refractivity contribution in [1.82, 2.24) is 0 Å². The average Bonchev–Trinajstić information content (AvgIpc) is 2.96. The third kappa shape index (κ3) is 9.88. The second-order valence-corrected chi connectivity index (χ2v) is 8.42. The van der Waals surface area contributed by atoms with Gasteiger partial charge in [0.2, 0.25) is 5.91 Å². The molecule has 0 saturated carbocycles. The first-order chi connectivity index (χ1) is 20.7. The quantitative estimate of drug-likeness (QED) is 0.137. The van der Waals surface area contributed by atoms with Crippen LogP contribution in [0.4, 0.5) is 11.4 Å². The first kappa shape index (κ1) is 33.2. The largest absolute Gasteiger partial charge is 0.508 e. The zero-order chi connectivity index (χ0) is 33.0. The molecule has 0 aliphatic heterocycles. The Bertz CT molecular complexity index is 1700. The summed E-state index contributed by atoms with van der Waals surface area (Å²) in [6, 6.07) is 15.4. The molecule has 7 N–H and O–H groups in total. The Balaban J connectivity index is 0.000000329. The molecule has 3 aromatic rings. The highest BCUT2D eigenvalue weighted by atomic mass is 16.4. The lowest BCUT2D eigenvalue weighted by Gasteiger charge is -2.07. The first-order valence-electron chi connectivity index (χ1n) is 11.9. The van der Waals surface area contributed by atoms with Crippen molar-refractivity contribution in [2.75, 3.05) is 10.6 Å². The van der Waals surface area contributed by atoms with Crippen LogP contribution in [0.5, 0.6) is 5.75 Å². The topological polar surface area (TPSA) is 275 Å². The molecule has 222 valence electrons. The summed E-state index contributed by atoms with van der Waals surface area (Å²) in [5.74, 6) is -6.79. The molecule has 0 bridgehead atoms. The van der Waals surface area contributed by atoms with Crippen LogP contribution in [0, 0.1) is 22.7 Å². The molecule has 0 fully saturated rings. The summed E-state index contributed by atoms with van der Waals surface area (Å²) in [5, 5.41) is 66.9. The molecule has 15 heteroatoms. The van der Waals surface area contributed by atoms with Crippen LogP contribution in [0.15, 0.2) is 66.2 Å². The lowest BCUT2D eigenvalue weighted by Crippen LogP contribution is -2.15. The molecular formula is C29H20N4O11. The molecular weight excluding hydrogens is 580 g/mol. The minimum absolute atomic E-state index is 0.0209.